The molecule has 4 nitrogen and oxygen atoms in total. The Bertz CT molecular complexity index is 190. The van der Waals surface area contributed by atoms with Gasteiger partial charge in [-0.25, -0.2) is 0 Å². The van der Waals surface area contributed by atoms with E-state index < -0.39 is 0 Å². The van der Waals surface area contributed by atoms with Gasteiger partial charge in [0, 0.05) is 0 Å². The van der Waals surface area contributed by atoms with Crippen molar-refractivity contribution in [1.82, 2.24) is 0 Å². The number of carbonyl (C=O) groups is 1. The van der Waals surface area contributed by atoms with E-state index in [2.05, 4.69) is 0 Å². The fourth-order valence-corrected chi connectivity index (χ4v) is 1.51. The predicted octanol–water partition coefficient (Wildman–Crippen LogP) is -0.509. The highest BCUT2D eigenvalue weighted by Gasteiger charge is 2.16. The van der Waals surface area contributed by atoms with Crippen LogP contribution >= 0.6 is 0 Å². The summed E-state index contributed by atoms with van der Waals surface area (Å²) in [5.74, 6) is -0.0325. The van der Waals surface area contributed by atoms with E-state index in [0.717, 1.165) is 39.3 Å². The third-order valence-corrected chi connectivity index (χ3v) is 2.91. The molecule has 1 saturated heterocycles. The van der Waals surface area contributed by atoms with E-state index in [1.807, 2.05) is 13.8 Å². The molecule has 4 heteroatoms. The maximum atomic E-state index is 11.4. The summed E-state index contributed by atoms with van der Waals surface area (Å²) in [5, 5.41) is 0. The monoisotopic (exact) mass is 216 g/mol. The molecule has 0 radical (unpaired) electrons. The van der Waals surface area contributed by atoms with E-state index >= 15 is 0 Å². The summed E-state index contributed by atoms with van der Waals surface area (Å²) >= 11 is 0. The van der Waals surface area contributed by atoms with Gasteiger partial charge in [-0.3, -0.25) is 4.79 Å². The van der Waals surface area contributed by atoms with Crippen LogP contribution in [0.5, 0.6) is 0 Å². The molecule has 1 aliphatic rings. The van der Waals surface area contributed by atoms with Gasteiger partial charge in [0.25, 0.3) is 0 Å². The second-order valence-electron chi connectivity index (χ2n) is 4.09. The summed E-state index contributed by atoms with van der Waals surface area (Å²) in [5.41, 5.74) is 0. The summed E-state index contributed by atoms with van der Waals surface area (Å²) in [6.45, 7) is 9.07. The third-order valence-electron chi connectivity index (χ3n) is 2.91. The average Bonchev–Trinajstić information content (AvgIpc) is 2.29. The Kier molecular flexibility index (Phi) is 5.65. The zero-order valence-electron chi connectivity index (χ0n) is 9.75. The molecule has 0 aromatic heterocycles. The first-order valence-electron chi connectivity index (χ1n) is 5.82. The molecule has 0 bridgehead atoms. The number of quaternary nitrogens is 1. The lowest BCUT2D eigenvalue weighted by Crippen LogP contribution is -3.14. The van der Waals surface area contributed by atoms with Crippen molar-refractivity contribution in [3.05, 3.63) is 0 Å². The first-order chi connectivity index (χ1) is 7.24. The summed E-state index contributed by atoms with van der Waals surface area (Å²) < 4.78 is 10.5. The van der Waals surface area contributed by atoms with Crippen molar-refractivity contribution >= 4 is 5.97 Å². The lowest BCUT2D eigenvalue weighted by atomic mass is 10.1. The topological polar surface area (TPSA) is 40.0 Å². The van der Waals surface area contributed by atoms with Crippen molar-refractivity contribution in [2.45, 2.75) is 20.3 Å². The Labute approximate surface area is 91.5 Å². The van der Waals surface area contributed by atoms with Gasteiger partial charge in [-0.15, -0.1) is 0 Å². The van der Waals surface area contributed by atoms with Gasteiger partial charge in [0.05, 0.1) is 19.1 Å². The summed E-state index contributed by atoms with van der Waals surface area (Å²) in [7, 11) is 0. The second-order valence-corrected chi connectivity index (χ2v) is 4.09. The molecule has 0 aromatic rings. The van der Waals surface area contributed by atoms with Gasteiger partial charge in [0.15, 0.2) is 0 Å². The number of carbonyl (C=O) groups excluding carboxylic acids is 1. The Balaban J connectivity index is 2.07. The molecule has 0 spiro atoms. The van der Waals surface area contributed by atoms with E-state index in [9.17, 15) is 4.79 Å². The fraction of sp³-hybridized carbons (Fsp3) is 0.909. The fourth-order valence-electron chi connectivity index (χ4n) is 1.51. The lowest BCUT2D eigenvalue weighted by molar-refractivity contribution is -0.908. The van der Waals surface area contributed by atoms with Crippen LogP contribution in [0.4, 0.5) is 0 Å². The molecule has 1 rings (SSSR count). The minimum atomic E-state index is -0.0647. The maximum absolute atomic E-state index is 11.4. The van der Waals surface area contributed by atoms with Gasteiger partial charge in [-0.1, -0.05) is 13.8 Å². The first-order valence-corrected chi connectivity index (χ1v) is 5.82. The van der Waals surface area contributed by atoms with Crippen LogP contribution in [-0.4, -0.2) is 45.4 Å². The molecule has 0 amide bonds. The van der Waals surface area contributed by atoms with Crippen LogP contribution in [-0.2, 0) is 14.3 Å². The van der Waals surface area contributed by atoms with E-state index in [-0.39, 0.29) is 11.9 Å². The van der Waals surface area contributed by atoms with Crippen molar-refractivity contribution in [2.24, 2.45) is 5.92 Å². The molecule has 1 N–H and O–H groups in total. The predicted molar refractivity (Wildman–Crippen MR) is 56.8 cm³/mol. The largest absolute Gasteiger partial charge is 0.459 e. The molecule has 1 atom stereocenters. The Morgan fingerprint density at radius 3 is 2.73 bits per heavy atom. The number of ether oxygens (including phenoxy) is 2. The molecule has 88 valence electrons. The Morgan fingerprint density at radius 1 is 1.47 bits per heavy atom. The second kappa shape index (κ2) is 6.80. The smallest absolute Gasteiger partial charge is 0.308 e. The van der Waals surface area contributed by atoms with Crippen molar-refractivity contribution < 1.29 is 19.2 Å². The third kappa shape index (κ3) is 4.62. The van der Waals surface area contributed by atoms with Crippen molar-refractivity contribution in [2.75, 3.05) is 39.5 Å². The van der Waals surface area contributed by atoms with E-state index in [1.54, 1.807) is 0 Å². The van der Waals surface area contributed by atoms with Crippen LogP contribution in [0.25, 0.3) is 0 Å². The van der Waals surface area contributed by atoms with E-state index in [4.69, 9.17) is 9.47 Å². The molecule has 0 aliphatic carbocycles. The number of rotatable bonds is 5. The number of hydrogen-bond donors (Lipinski definition) is 1. The minimum absolute atomic E-state index is 0.0321. The zero-order valence-corrected chi connectivity index (χ0v) is 9.75. The zero-order chi connectivity index (χ0) is 11.1. The van der Waals surface area contributed by atoms with Gasteiger partial charge in [0.1, 0.15) is 26.2 Å². The summed E-state index contributed by atoms with van der Waals surface area (Å²) in [4.78, 5) is 12.8. The van der Waals surface area contributed by atoms with Gasteiger partial charge in [-0.2, -0.15) is 0 Å². The van der Waals surface area contributed by atoms with Crippen molar-refractivity contribution in [3.8, 4) is 0 Å². The number of hydrogen-bond acceptors (Lipinski definition) is 3. The minimum Gasteiger partial charge on any atom is -0.459 e. The van der Waals surface area contributed by atoms with Gasteiger partial charge < -0.3 is 14.4 Å². The maximum Gasteiger partial charge on any atom is 0.308 e. The van der Waals surface area contributed by atoms with Crippen LogP contribution in [0.15, 0.2) is 0 Å². The highest BCUT2D eigenvalue weighted by molar-refractivity contribution is 5.71. The van der Waals surface area contributed by atoms with Crippen LogP contribution in [0.1, 0.15) is 20.3 Å². The molecule has 1 fully saturated rings. The number of esters is 1. The van der Waals surface area contributed by atoms with E-state index in [1.165, 1.54) is 4.90 Å². The highest BCUT2D eigenvalue weighted by Crippen LogP contribution is 2.02. The molecular formula is C11H22NO3+. The van der Waals surface area contributed by atoms with Crippen LogP contribution in [0.3, 0.4) is 0 Å². The van der Waals surface area contributed by atoms with Crippen molar-refractivity contribution in [1.29, 1.82) is 0 Å². The normalized spacial score (nSPS) is 19.9. The average molecular weight is 216 g/mol. The molecule has 0 aromatic carbocycles. The van der Waals surface area contributed by atoms with Crippen LogP contribution in [0.2, 0.25) is 0 Å². The Morgan fingerprint density at radius 2 is 2.13 bits per heavy atom. The molecule has 0 saturated carbocycles. The lowest BCUT2D eigenvalue weighted by Gasteiger charge is -2.23. The van der Waals surface area contributed by atoms with Gasteiger partial charge in [-0.05, 0) is 6.42 Å². The molecule has 15 heavy (non-hydrogen) atoms. The molecular weight excluding hydrogens is 194 g/mol. The standard InChI is InChI=1S/C11H21NO3/c1-3-10(2)11(13)15-9-6-12-4-7-14-8-5-12/h10H,3-9H2,1-2H3/p+1. The number of morpholine rings is 1. The van der Waals surface area contributed by atoms with Crippen LogP contribution < -0.4 is 4.90 Å². The highest BCUT2D eigenvalue weighted by atomic mass is 16.5. The quantitative estimate of drug-likeness (QED) is 0.629. The molecule has 1 heterocycles. The molecule has 1 unspecified atom stereocenters. The summed E-state index contributed by atoms with van der Waals surface area (Å²) in [6.07, 6.45) is 0.850. The van der Waals surface area contributed by atoms with E-state index in [0.29, 0.717) is 6.61 Å². The summed E-state index contributed by atoms with van der Waals surface area (Å²) in [6, 6.07) is 0. The van der Waals surface area contributed by atoms with Crippen LogP contribution in [0, 0.1) is 5.92 Å². The van der Waals surface area contributed by atoms with Gasteiger partial charge >= 0.3 is 5.97 Å². The molecule has 1 aliphatic heterocycles. The van der Waals surface area contributed by atoms with Gasteiger partial charge in [0.2, 0.25) is 0 Å². The first kappa shape index (κ1) is 12.5. The number of nitrogens with one attached hydrogen (secondary N) is 1. The SMILES string of the molecule is CCC(C)C(=O)OCC[NH+]1CCOCC1. The Hall–Kier alpha value is -0.610. The van der Waals surface area contributed by atoms with Crippen molar-refractivity contribution in [3.63, 3.8) is 0 Å².